The van der Waals surface area contributed by atoms with E-state index in [1.165, 1.54) is 0 Å². The van der Waals surface area contributed by atoms with E-state index in [0.29, 0.717) is 25.7 Å². The van der Waals surface area contributed by atoms with Crippen LogP contribution in [0.15, 0.2) is 23.1 Å². The van der Waals surface area contributed by atoms with Crippen LogP contribution in [0.5, 0.6) is 0 Å². The first kappa shape index (κ1) is 20.8. The topological polar surface area (TPSA) is 84.9 Å². The number of hydrogen-bond donors (Lipinski definition) is 2. The zero-order chi connectivity index (χ0) is 20.0. The molecule has 150 valence electrons. The quantitative estimate of drug-likeness (QED) is 0.761. The van der Waals surface area contributed by atoms with Gasteiger partial charge in [0.15, 0.2) is 0 Å². The first-order valence-electron chi connectivity index (χ1n) is 9.58. The summed E-state index contributed by atoms with van der Waals surface area (Å²) < 4.78 is 40.7. The second-order valence-corrected chi connectivity index (χ2v) is 10.4. The zero-order valence-corrected chi connectivity index (χ0v) is 17.6. The van der Waals surface area contributed by atoms with Gasteiger partial charge in [0.2, 0.25) is 10.0 Å². The maximum absolute atomic E-state index is 12.9. The Bertz CT molecular complexity index is 784. The summed E-state index contributed by atoms with van der Waals surface area (Å²) in [6, 6.07) is 4.92. The van der Waals surface area contributed by atoms with Gasteiger partial charge in [0.05, 0.1) is 22.2 Å². The van der Waals surface area contributed by atoms with Crippen LogP contribution in [-0.2, 0) is 19.3 Å². The molecule has 0 unspecified atom stereocenters. The summed E-state index contributed by atoms with van der Waals surface area (Å²) >= 11 is 0. The molecule has 1 heterocycles. The standard InChI is InChI=1S/C19H30BNO5S/c1-13-6-11-16(27(23,24)21-14-7-9-15(22)10-8-14)12-17(13)20-25-18(2,3)19(4,5)26-20/h6,11-12,14-15,21-22H,7-10H2,1-5H3/t14-,15-. The maximum atomic E-state index is 12.9. The molecular weight excluding hydrogens is 365 g/mol. The lowest BCUT2D eigenvalue weighted by Crippen LogP contribution is -2.41. The molecule has 0 spiro atoms. The molecule has 0 aromatic heterocycles. The van der Waals surface area contributed by atoms with Crippen molar-refractivity contribution in [3.05, 3.63) is 23.8 Å². The molecule has 0 bridgehead atoms. The predicted octanol–water partition coefficient (Wildman–Crippen LogP) is 1.88. The molecule has 1 aromatic rings. The van der Waals surface area contributed by atoms with E-state index in [1.54, 1.807) is 18.2 Å². The van der Waals surface area contributed by atoms with Crippen LogP contribution in [0, 0.1) is 6.92 Å². The van der Waals surface area contributed by atoms with Gasteiger partial charge in [0.25, 0.3) is 0 Å². The molecule has 2 N–H and O–H groups in total. The monoisotopic (exact) mass is 395 g/mol. The van der Waals surface area contributed by atoms with Crippen molar-refractivity contribution in [3.63, 3.8) is 0 Å². The molecule has 2 aliphatic rings. The van der Waals surface area contributed by atoms with E-state index in [9.17, 15) is 13.5 Å². The van der Waals surface area contributed by atoms with Crippen LogP contribution < -0.4 is 10.2 Å². The average Bonchev–Trinajstić information content (AvgIpc) is 2.77. The zero-order valence-electron chi connectivity index (χ0n) is 16.8. The summed E-state index contributed by atoms with van der Waals surface area (Å²) in [5.41, 5.74) is 0.684. The van der Waals surface area contributed by atoms with E-state index in [2.05, 4.69) is 4.72 Å². The third-order valence-corrected chi connectivity index (χ3v) is 7.60. The summed E-state index contributed by atoms with van der Waals surface area (Å²) in [6.45, 7) is 9.82. The van der Waals surface area contributed by atoms with Crippen LogP contribution in [0.1, 0.15) is 58.9 Å². The molecule has 1 aliphatic heterocycles. The van der Waals surface area contributed by atoms with Crippen LogP contribution in [-0.4, -0.2) is 44.0 Å². The Labute approximate surface area is 162 Å². The number of nitrogens with one attached hydrogen (secondary N) is 1. The second kappa shape index (κ2) is 7.15. The molecule has 6 nitrogen and oxygen atoms in total. The van der Waals surface area contributed by atoms with Crippen LogP contribution >= 0.6 is 0 Å². The lowest BCUT2D eigenvalue weighted by Gasteiger charge is -2.32. The molecule has 0 amide bonds. The summed E-state index contributed by atoms with van der Waals surface area (Å²) in [5.74, 6) is 0. The molecule has 8 heteroatoms. The molecule has 0 radical (unpaired) electrons. The van der Waals surface area contributed by atoms with E-state index >= 15 is 0 Å². The summed E-state index contributed by atoms with van der Waals surface area (Å²) in [7, 11) is -4.25. The smallest absolute Gasteiger partial charge is 0.399 e. The number of hydrogen-bond acceptors (Lipinski definition) is 5. The lowest BCUT2D eigenvalue weighted by molar-refractivity contribution is 0.00578. The predicted molar refractivity (Wildman–Crippen MR) is 105 cm³/mol. The summed E-state index contributed by atoms with van der Waals surface area (Å²) in [4.78, 5) is 0.212. The minimum absolute atomic E-state index is 0.139. The molecule has 0 atom stereocenters. The van der Waals surface area contributed by atoms with Crippen molar-refractivity contribution in [1.82, 2.24) is 4.72 Å². The highest BCUT2D eigenvalue weighted by Gasteiger charge is 2.52. The molecule has 1 saturated carbocycles. The van der Waals surface area contributed by atoms with Gasteiger partial charge in [0, 0.05) is 6.04 Å². The largest absolute Gasteiger partial charge is 0.495 e. The van der Waals surface area contributed by atoms with E-state index < -0.39 is 28.3 Å². The van der Waals surface area contributed by atoms with Gasteiger partial charge in [-0.1, -0.05) is 11.6 Å². The fourth-order valence-electron chi connectivity index (χ4n) is 3.49. The molecular formula is C19H30BNO5S. The molecule has 3 rings (SSSR count). The number of aryl methyl sites for hydroxylation is 1. The molecule has 1 aliphatic carbocycles. The van der Waals surface area contributed by atoms with Gasteiger partial charge in [-0.05, 0) is 77.9 Å². The minimum Gasteiger partial charge on any atom is -0.399 e. The van der Waals surface area contributed by atoms with Crippen molar-refractivity contribution in [2.45, 2.75) is 88.5 Å². The first-order valence-corrected chi connectivity index (χ1v) is 11.1. The van der Waals surface area contributed by atoms with Gasteiger partial charge in [-0.3, -0.25) is 0 Å². The summed E-state index contributed by atoms with van der Waals surface area (Å²) in [5, 5.41) is 9.61. The minimum atomic E-state index is -3.65. The normalized spacial score (nSPS) is 27.7. The van der Waals surface area contributed by atoms with Crippen molar-refractivity contribution in [3.8, 4) is 0 Å². The van der Waals surface area contributed by atoms with Gasteiger partial charge in [-0.15, -0.1) is 0 Å². The fraction of sp³-hybridized carbons (Fsp3) is 0.684. The highest BCUT2D eigenvalue weighted by atomic mass is 32.2. The van der Waals surface area contributed by atoms with Crippen molar-refractivity contribution < 1.29 is 22.8 Å². The Morgan fingerprint density at radius 2 is 1.63 bits per heavy atom. The summed E-state index contributed by atoms with van der Waals surface area (Å²) in [6.07, 6.45) is 2.23. The Morgan fingerprint density at radius 3 is 2.19 bits per heavy atom. The molecule has 2 fully saturated rings. The van der Waals surface area contributed by atoms with Crippen molar-refractivity contribution in [2.24, 2.45) is 0 Å². The Balaban J connectivity index is 1.83. The van der Waals surface area contributed by atoms with Gasteiger partial charge in [-0.25, -0.2) is 13.1 Å². The highest BCUT2D eigenvalue weighted by molar-refractivity contribution is 7.89. The van der Waals surface area contributed by atoms with E-state index in [-0.39, 0.29) is 17.0 Å². The molecule has 1 aromatic carbocycles. The average molecular weight is 395 g/mol. The Hall–Kier alpha value is -0.925. The number of aliphatic hydroxyl groups is 1. The van der Waals surface area contributed by atoms with Gasteiger partial charge in [-0.2, -0.15) is 0 Å². The van der Waals surface area contributed by atoms with E-state index in [4.69, 9.17) is 9.31 Å². The van der Waals surface area contributed by atoms with Crippen LogP contribution in [0.2, 0.25) is 0 Å². The second-order valence-electron chi connectivity index (χ2n) is 8.73. The Morgan fingerprint density at radius 1 is 1.07 bits per heavy atom. The SMILES string of the molecule is Cc1ccc(S(=O)(=O)N[C@H]2CC[C@H](O)CC2)cc1B1OC(C)(C)C(C)(C)O1. The number of sulfonamides is 1. The maximum Gasteiger partial charge on any atom is 0.495 e. The van der Waals surface area contributed by atoms with Gasteiger partial charge in [0.1, 0.15) is 0 Å². The van der Waals surface area contributed by atoms with Crippen molar-refractivity contribution in [1.29, 1.82) is 0 Å². The van der Waals surface area contributed by atoms with Gasteiger partial charge >= 0.3 is 7.12 Å². The van der Waals surface area contributed by atoms with Crippen molar-refractivity contribution >= 4 is 22.6 Å². The van der Waals surface area contributed by atoms with Gasteiger partial charge < -0.3 is 14.4 Å². The number of rotatable bonds is 4. The van der Waals surface area contributed by atoms with Crippen molar-refractivity contribution in [2.75, 3.05) is 0 Å². The van der Waals surface area contributed by atoms with Crippen LogP contribution in [0.25, 0.3) is 0 Å². The van der Waals surface area contributed by atoms with E-state index in [1.807, 2.05) is 34.6 Å². The van der Waals surface area contributed by atoms with E-state index in [0.717, 1.165) is 11.0 Å². The molecule has 27 heavy (non-hydrogen) atoms. The number of benzene rings is 1. The fourth-order valence-corrected chi connectivity index (χ4v) is 4.83. The molecule has 1 saturated heterocycles. The van der Waals surface area contributed by atoms with Crippen LogP contribution in [0.4, 0.5) is 0 Å². The number of aliphatic hydroxyl groups excluding tert-OH is 1. The third kappa shape index (κ3) is 4.25. The lowest BCUT2D eigenvalue weighted by atomic mass is 9.76. The highest BCUT2D eigenvalue weighted by Crippen LogP contribution is 2.36. The van der Waals surface area contributed by atoms with Crippen LogP contribution in [0.3, 0.4) is 0 Å². The Kier molecular flexibility index (Phi) is 5.51. The first-order chi connectivity index (χ1) is 12.4. The third-order valence-electron chi connectivity index (χ3n) is 6.09.